The number of carboxylic acid groups (broad SMARTS) is 1. The lowest BCUT2D eigenvalue weighted by Gasteiger charge is -2.18. The van der Waals surface area contributed by atoms with Crippen LogP contribution in [0.1, 0.15) is 28.8 Å². The number of thiocarbonyl (C=S) groups is 1. The highest BCUT2D eigenvalue weighted by Crippen LogP contribution is 2.42. The van der Waals surface area contributed by atoms with Gasteiger partial charge in [-0.3, -0.25) is 19.6 Å². The number of furan rings is 1. The van der Waals surface area contributed by atoms with E-state index in [0.29, 0.717) is 87.7 Å². The SMILES string of the molecule is Cn1cc2c(nc(NC(=O)Nc3ccc(CC(=O)NCCOOCCCCNC(=S)Nc4ccc(-c5c6ccc(=O)cc-6oc6cc([O-])ccc56)c(C(=O)O)c4)cc3)n3nc(-c4ccco4)nc23)n1. The molecular formula is C47H40N11O10S-. The van der Waals surface area contributed by atoms with Crippen LogP contribution in [0, 0.1) is 0 Å². The van der Waals surface area contributed by atoms with E-state index in [1.54, 1.807) is 78.6 Å². The number of hydrogen-bond acceptors (Lipinski definition) is 14. The van der Waals surface area contributed by atoms with Crippen molar-refractivity contribution in [3.8, 4) is 39.8 Å². The minimum Gasteiger partial charge on any atom is -0.872 e. The molecule has 9 rings (SSSR count). The Hall–Kier alpha value is -8.73. The number of aromatic nitrogens is 6. The summed E-state index contributed by atoms with van der Waals surface area (Å²) in [4.78, 5) is 69.8. The highest BCUT2D eigenvalue weighted by atomic mass is 32.1. The lowest BCUT2D eigenvalue weighted by molar-refractivity contribution is -0.293. The van der Waals surface area contributed by atoms with Gasteiger partial charge in [-0.2, -0.15) is 14.6 Å². The Labute approximate surface area is 395 Å². The zero-order chi connectivity index (χ0) is 48.0. The number of unbranched alkanes of at least 4 members (excludes halogenated alkanes) is 1. The van der Waals surface area contributed by atoms with Gasteiger partial charge < -0.3 is 40.3 Å². The van der Waals surface area contributed by atoms with Crippen LogP contribution < -0.4 is 37.1 Å². The molecule has 0 saturated carbocycles. The number of anilines is 3. The molecule has 350 valence electrons. The van der Waals surface area contributed by atoms with Crippen LogP contribution in [-0.4, -0.2) is 83.8 Å². The highest BCUT2D eigenvalue weighted by Gasteiger charge is 2.23. The fraction of sp³-hybridized carbons (Fsp3) is 0.170. The van der Waals surface area contributed by atoms with Crippen molar-refractivity contribution in [3.05, 3.63) is 125 Å². The van der Waals surface area contributed by atoms with Crippen molar-refractivity contribution in [1.29, 1.82) is 0 Å². The fourth-order valence-electron chi connectivity index (χ4n) is 7.48. The van der Waals surface area contributed by atoms with E-state index in [1.165, 1.54) is 41.1 Å². The molecule has 22 heteroatoms. The van der Waals surface area contributed by atoms with E-state index in [1.807, 2.05) is 0 Å². The van der Waals surface area contributed by atoms with Gasteiger partial charge in [0.2, 0.25) is 17.7 Å². The standard InChI is InChI=1S/C47H41N11O10S/c1-57-25-35-41(55-57)53-45(58-43(35)52-42(56-58)36-5-4-18-65-36)54-46(64)50-27-8-6-26(7-9-27)21-39(61)48-17-20-67-66-19-3-2-16-49-47(69)51-28-10-13-31(34(22-28)44(62)63)40-32-14-11-29(59)23-37(32)68-38-24-30(60)12-15-33(38)40/h4-15,18,22-25,59H,2-3,16-17,19-21H2,1H3,(H,48,61)(H,62,63)(H2,49,51,69)(H2,50,53,54,55,64)/p-1. The molecule has 0 saturated heterocycles. The molecule has 3 amide bonds. The van der Waals surface area contributed by atoms with E-state index >= 15 is 0 Å². The number of urea groups is 1. The van der Waals surface area contributed by atoms with Crippen LogP contribution in [0.5, 0.6) is 5.75 Å². The van der Waals surface area contributed by atoms with Gasteiger partial charge in [0.15, 0.2) is 27.6 Å². The summed E-state index contributed by atoms with van der Waals surface area (Å²) in [5.74, 6) is -0.604. The first-order valence-corrected chi connectivity index (χ1v) is 21.8. The number of nitrogens with one attached hydrogen (secondary N) is 5. The summed E-state index contributed by atoms with van der Waals surface area (Å²) in [6, 6.07) is 23.0. The smallest absolute Gasteiger partial charge is 0.336 e. The molecule has 6 N–H and O–H groups in total. The van der Waals surface area contributed by atoms with E-state index < -0.39 is 12.0 Å². The van der Waals surface area contributed by atoms with Gasteiger partial charge in [0.1, 0.15) is 11.3 Å². The number of carboxylic acids is 1. The maximum absolute atomic E-state index is 13.0. The van der Waals surface area contributed by atoms with E-state index in [9.17, 15) is 29.4 Å². The van der Waals surface area contributed by atoms with Gasteiger partial charge in [-0.15, -0.1) is 10.8 Å². The average Bonchev–Trinajstić information content (AvgIpc) is 4.10. The molecule has 0 fully saturated rings. The number of carbonyl (C=O) groups excluding carboxylic acids is 2. The molecule has 0 radical (unpaired) electrons. The van der Waals surface area contributed by atoms with Crippen LogP contribution in [0.25, 0.3) is 61.7 Å². The van der Waals surface area contributed by atoms with Crippen molar-refractivity contribution in [1.82, 2.24) is 40.0 Å². The molecule has 0 bridgehead atoms. The Morgan fingerprint density at radius 1 is 0.812 bits per heavy atom. The molecule has 0 spiro atoms. The van der Waals surface area contributed by atoms with Crippen LogP contribution in [0.3, 0.4) is 0 Å². The summed E-state index contributed by atoms with van der Waals surface area (Å²) in [7, 11) is 1.76. The Kier molecular flexibility index (Phi) is 13.2. The maximum Gasteiger partial charge on any atom is 0.336 e. The first-order valence-electron chi connectivity index (χ1n) is 21.4. The molecule has 4 aromatic heterocycles. The van der Waals surface area contributed by atoms with Crippen LogP contribution in [0.2, 0.25) is 0 Å². The van der Waals surface area contributed by atoms with Gasteiger partial charge in [-0.05, 0) is 90.8 Å². The second kappa shape index (κ2) is 20.0. The minimum atomic E-state index is -1.19. The third-order valence-electron chi connectivity index (χ3n) is 10.6. The predicted molar refractivity (Wildman–Crippen MR) is 255 cm³/mol. The summed E-state index contributed by atoms with van der Waals surface area (Å²) in [6.45, 7) is 1.16. The molecule has 7 aromatic rings. The van der Waals surface area contributed by atoms with Gasteiger partial charge in [0, 0.05) is 60.3 Å². The van der Waals surface area contributed by atoms with E-state index in [0.717, 1.165) is 5.56 Å². The fourth-order valence-corrected chi connectivity index (χ4v) is 7.70. The summed E-state index contributed by atoms with van der Waals surface area (Å²) >= 11 is 5.45. The van der Waals surface area contributed by atoms with Crippen LogP contribution in [0.15, 0.2) is 117 Å². The predicted octanol–water partition coefficient (Wildman–Crippen LogP) is 5.94. The van der Waals surface area contributed by atoms with Crippen molar-refractivity contribution in [2.24, 2.45) is 7.05 Å². The van der Waals surface area contributed by atoms with Crippen molar-refractivity contribution >= 4 is 80.2 Å². The summed E-state index contributed by atoms with van der Waals surface area (Å²) in [5.41, 5.74) is 3.77. The zero-order valence-electron chi connectivity index (χ0n) is 36.5. The van der Waals surface area contributed by atoms with Gasteiger partial charge in [-0.25, -0.2) is 24.3 Å². The molecule has 0 unspecified atom stereocenters. The minimum absolute atomic E-state index is 0.0265. The topological polar surface area (TPSA) is 277 Å². The van der Waals surface area contributed by atoms with Crippen molar-refractivity contribution < 1.29 is 43.2 Å². The molecule has 21 nitrogen and oxygen atoms in total. The van der Waals surface area contributed by atoms with Gasteiger partial charge in [-0.1, -0.05) is 30.3 Å². The van der Waals surface area contributed by atoms with Crippen LogP contribution in [0.4, 0.5) is 22.1 Å². The third-order valence-corrected chi connectivity index (χ3v) is 10.8. The Balaban J connectivity index is 0.668. The van der Waals surface area contributed by atoms with E-state index in [-0.39, 0.29) is 64.6 Å². The van der Waals surface area contributed by atoms with E-state index in [2.05, 4.69) is 46.7 Å². The number of nitrogens with zero attached hydrogens (tertiary/aromatic N) is 6. The first kappa shape index (κ1) is 45.4. The van der Waals surface area contributed by atoms with Crippen molar-refractivity contribution in [2.75, 3.05) is 42.3 Å². The lowest BCUT2D eigenvalue weighted by atomic mass is 9.90. The Bertz CT molecular complexity index is 3410. The number of benzene rings is 4. The number of aryl methyl sites for hydroxylation is 1. The molecule has 0 atom stereocenters. The summed E-state index contributed by atoms with van der Waals surface area (Å²) in [6.07, 6.45) is 4.69. The molecule has 5 heterocycles. The number of carbonyl (C=O) groups is 3. The van der Waals surface area contributed by atoms with Crippen molar-refractivity contribution in [3.63, 3.8) is 0 Å². The first-order chi connectivity index (χ1) is 33.4. The number of amides is 3. The quantitative estimate of drug-likeness (QED) is 0.0203. The molecule has 1 aliphatic heterocycles. The normalized spacial score (nSPS) is 11.3. The highest BCUT2D eigenvalue weighted by molar-refractivity contribution is 7.80. The van der Waals surface area contributed by atoms with Gasteiger partial charge in [0.05, 0.1) is 36.8 Å². The van der Waals surface area contributed by atoms with Crippen molar-refractivity contribution in [2.45, 2.75) is 19.3 Å². The molecule has 2 aliphatic rings. The number of rotatable bonds is 17. The van der Waals surface area contributed by atoms with Gasteiger partial charge >= 0.3 is 12.0 Å². The molecule has 1 aliphatic carbocycles. The largest absolute Gasteiger partial charge is 0.872 e. The summed E-state index contributed by atoms with van der Waals surface area (Å²) < 4.78 is 14.3. The second-order valence-electron chi connectivity index (χ2n) is 15.5. The zero-order valence-corrected chi connectivity index (χ0v) is 37.3. The average molecular weight is 951 g/mol. The molecule has 69 heavy (non-hydrogen) atoms. The van der Waals surface area contributed by atoms with Crippen LogP contribution in [-0.2, 0) is 28.0 Å². The second-order valence-corrected chi connectivity index (χ2v) is 15.9. The molecular weight excluding hydrogens is 911 g/mol. The van der Waals surface area contributed by atoms with Gasteiger partial charge in [0.25, 0.3) is 0 Å². The van der Waals surface area contributed by atoms with E-state index in [4.69, 9.17) is 30.8 Å². The number of hydrogen-bond donors (Lipinski definition) is 6. The molecule has 3 aromatic carbocycles. The summed E-state index contributed by atoms with van der Waals surface area (Å²) in [5, 5.41) is 47.0. The monoisotopic (exact) mass is 950 g/mol. The maximum atomic E-state index is 13.0. The van der Waals surface area contributed by atoms with Crippen LogP contribution >= 0.6 is 12.2 Å². The number of aromatic carboxylic acids is 1. The lowest BCUT2D eigenvalue weighted by Crippen LogP contribution is -2.29. The Morgan fingerprint density at radius 2 is 1.62 bits per heavy atom. The number of fused-ring (bicyclic) bond motifs is 5. The Morgan fingerprint density at radius 3 is 2.43 bits per heavy atom. The third kappa shape index (κ3) is 10.5.